The second kappa shape index (κ2) is 7.17. The molecule has 2 atom stereocenters. The van der Waals surface area contributed by atoms with E-state index in [-0.39, 0.29) is 11.6 Å². The fraction of sp³-hybridized carbons (Fsp3) is 0.375. The first-order valence-electron chi connectivity index (χ1n) is 10.3. The number of nitrogens with zero attached hydrogens (tertiary/aromatic N) is 1. The lowest BCUT2D eigenvalue weighted by molar-refractivity contribution is 0.0992. The van der Waals surface area contributed by atoms with Crippen LogP contribution in [0.3, 0.4) is 0 Å². The normalized spacial score (nSPS) is 22.5. The molecule has 2 aromatic carbocycles. The number of hydrogen-bond donors (Lipinski definition) is 1. The Labute approximate surface area is 164 Å². The molecule has 0 radical (unpaired) electrons. The zero-order valence-corrected chi connectivity index (χ0v) is 16.0. The molecule has 4 heteroatoms. The molecule has 1 aromatic heterocycles. The Bertz CT molecular complexity index is 1020. The van der Waals surface area contributed by atoms with Crippen LogP contribution in [0.1, 0.15) is 53.1 Å². The summed E-state index contributed by atoms with van der Waals surface area (Å²) in [5, 5.41) is 1.23. The van der Waals surface area contributed by atoms with Crippen LogP contribution >= 0.6 is 0 Å². The van der Waals surface area contributed by atoms with E-state index in [1.807, 2.05) is 6.07 Å². The zero-order chi connectivity index (χ0) is 19.1. The van der Waals surface area contributed by atoms with E-state index in [0.717, 1.165) is 23.7 Å². The number of carbonyl (C=O) groups is 1. The molecule has 0 amide bonds. The van der Waals surface area contributed by atoms with Crippen LogP contribution in [0.25, 0.3) is 10.9 Å². The molecule has 0 bridgehead atoms. The van der Waals surface area contributed by atoms with E-state index in [4.69, 9.17) is 0 Å². The molecule has 2 fully saturated rings. The summed E-state index contributed by atoms with van der Waals surface area (Å²) in [4.78, 5) is 18.6. The molecule has 0 aliphatic carbocycles. The van der Waals surface area contributed by atoms with Crippen LogP contribution in [0.2, 0.25) is 0 Å². The summed E-state index contributed by atoms with van der Waals surface area (Å²) in [5.41, 5.74) is 3.92. The van der Waals surface area contributed by atoms with Gasteiger partial charge in [-0.3, -0.25) is 9.69 Å². The molecule has 28 heavy (non-hydrogen) atoms. The van der Waals surface area contributed by atoms with Crippen LogP contribution in [-0.4, -0.2) is 34.8 Å². The minimum atomic E-state index is -0.369. The Kier molecular flexibility index (Phi) is 4.52. The highest BCUT2D eigenvalue weighted by Gasteiger charge is 2.32. The SMILES string of the molecule is O=C(Cc1ccc2[nH]cc(C3CCC4CCCN4C3)c2c1)c1cccc(F)c1. The van der Waals surface area contributed by atoms with Gasteiger partial charge in [0.1, 0.15) is 5.82 Å². The molecule has 2 aliphatic rings. The number of fused-ring (bicyclic) bond motifs is 2. The summed E-state index contributed by atoms with van der Waals surface area (Å²) >= 11 is 0. The monoisotopic (exact) mass is 376 g/mol. The van der Waals surface area contributed by atoms with E-state index in [1.165, 1.54) is 55.3 Å². The molecule has 144 valence electrons. The van der Waals surface area contributed by atoms with Crippen LogP contribution in [0, 0.1) is 5.82 Å². The molecular weight excluding hydrogens is 351 g/mol. The molecule has 2 aliphatic heterocycles. The number of H-pyrrole nitrogens is 1. The predicted molar refractivity (Wildman–Crippen MR) is 109 cm³/mol. The number of rotatable bonds is 4. The first-order valence-corrected chi connectivity index (χ1v) is 10.3. The van der Waals surface area contributed by atoms with Gasteiger partial charge < -0.3 is 4.98 Å². The van der Waals surface area contributed by atoms with Crippen molar-refractivity contribution in [1.82, 2.24) is 9.88 Å². The van der Waals surface area contributed by atoms with Gasteiger partial charge in [0.25, 0.3) is 0 Å². The number of ketones is 1. The number of nitrogens with one attached hydrogen (secondary N) is 1. The highest BCUT2D eigenvalue weighted by atomic mass is 19.1. The number of halogens is 1. The molecule has 0 spiro atoms. The predicted octanol–water partition coefficient (Wildman–Crippen LogP) is 5.07. The van der Waals surface area contributed by atoms with Crippen molar-refractivity contribution in [3.05, 3.63) is 71.2 Å². The highest BCUT2D eigenvalue weighted by molar-refractivity contribution is 5.98. The number of benzene rings is 2. The Balaban J connectivity index is 1.40. The van der Waals surface area contributed by atoms with Crippen molar-refractivity contribution in [2.24, 2.45) is 0 Å². The van der Waals surface area contributed by atoms with Gasteiger partial charge >= 0.3 is 0 Å². The third-order valence-corrected chi connectivity index (χ3v) is 6.53. The van der Waals surface area contributed by atoms with Crippen LogP contribution in [-0.2, 0) is 6.42 Å². The van der Waals surface area contributed by atoms with E-state index in [0.29, 0.717) is 17.9 Å². The fourth-order valence-corrected chi connectivity index (χ4v) is 5.07. The third-order valence-electron chi connectivity index (χ3n) is 6.53. The largest absolute Gasteiger partial charge is 0.361 e. The topological polar surface area (TPSA) is 36.1 Å². The van der Waals surface area contributed by atoms with E-state index >= 15 is 0 Å². The number of piperidine rings is 1. The van der Waals surface area contributed by atoms with Gasteiger partial charge in [-0.2, -0.15) is 0 Å². The van der Waals surface area contributed by atoms with Crippen molar-refractivity contribution in [3.8, 4) is 0 Å². The molecule has 2 unspecified atom stereocenters. The minimum Gasteiger partial charge on any atom is -0.361 e. The first kappa shape index (κ1) is 17.6. The van der Waals surface area contributed by atoms with E-state index in [9.17, 15) is 9.18 Å². The molecular formula is C24H25FN2O. The van der Waals surface area contributed by atoms with Gasteiger partial charge in [0.05, 0.1) is 0 Å². The van der Waals surface area contributed by atoms with Gasteiger partial charge in [0, 0.05) is 41.7 Å². The molecule has 2 saturated heterocycles. The lowest BCUT2D eigenvalue weighted by Gasteiger charge is -2.35. The number of aromatic amines is 1. The summed E-state index contributed by atoms with van der Waals surface area (Å²) in [7, 11) is 0. The number of hydrogen-bond acceptors (Lipinski definition) is 2. The van der Waals surface area contributed by atoms with Crippen LogP contribution < -0.4 is 0 Å². The average molecular weight is 376 g/mol. The van der Waals surface area contributed by atoms with Gasteiger partial charge in [-0.15, -0.1) is 0 Å². The van der Waals surface area contributed by atoms with Gasteiger partial charge in [-0.1, -0.05) is 18.2 Å². The quantitative estimate of drug-likeness (QED) is 0.645. The Morgan fingerprint density at radius 3 is 2.96 bits per heavy atom. The number of Topliss-reactive ketones (excluding diaryl/α,β-unsaturated/α-hetero) is 1. The standard InChI is InChI=1S/C24H25FN2O/c25-19-4-1-3-17(13-19)24(28)12-16-6-9-23-21(11-16)22(14-26-23)18-7-8-20-5-2-10-27(20)15-18/h1,3-4,6,9,11,13-14,18,20,26H,2,5,7-8,10,12,15H2. The zero-order valence-electron chi connectivity index (χ0n) is 16.0. The van der Waals surface area contributed by atoms with Crippen molar-refractivity contribution in [3.63, 3.8) is 0 Å². The van der Waals surface area contributed by atoms with E-state index in [2.05, 4.69) is 28.2 Å². The lowest BCUT2D eigenvalue weighted by Crippen LogP contribution is -2.37. The number of aromatic nitrogens is 1. The van der Waals surface area contributed by atoms with Crippen molar-refractivity contribution >= 4 is 16.7 Å². The maximum Gasteiger partial charge on any atom is 0.167 e. The molecule has 1 N–H and O–H groups in total. The Morgan fingerprint density at radius 1 is 1.14 bits per heavy atom. The van der Waals surface area contributed by atoms with Gasteiger partial charge in [0.15, 0.2) is 5.78 Å². The minimum absolute atomic E-state index is 0.0477. The Morgan fingerprint density at radius 2 is 2.07 bits per heavy atom. The van der Waals surface area contributed by atoms with Crippen LogP contribution in [0.4, 0.5) is 4.39 Å². The third kappa shape index (κ3) is 3.26. The molecule has 0 saturated carbocycles. The second-order valence-corrected chi connectivity index (χ2v) is 8.30. The first-order chi connectivity index (χ1) is 13.7. The van der Waals surface area contributed by atoms with Crippen molar-refractivity contribution in [2.45, 2.75) is 44.1 Å². The van der Waals surface area contributed by atoms with Crippen molar-refractivity contribution < 1.29 is 9.18 Å². The lowest BCUT2D eigenvalue weighted by atomic mass is 9.87. The van der Waals surface area contributed by atoms with Crippen molar-refractivity contribution in [1.29, 1.82) is 0 Å². The maximum atomic E-state index is 13.4. The smallest absolute Gasteiger partial charge is 0.167 e. The fourth-order valence-electron chi connectivity index (χ4n) is 5.07. The van der Waals surface area contributed by atoms with Gasteiger partial charge in [-0.25, -0.2) is 4.39 Å². The summed E-state index contributed by atoms with van der Waals surface area (Å²) in [6, 6.07) is 13.0. The van der Waals surface area contributed by atoms with Gasteiger partial charge in [0.2, 0.25) is 0 Å². The van der Waals surface area contributed by atoms with E-state index in [1.54, 1.807) is 12.1 Å². The second-order valence-electron chi connectivity index (χ2n) is 8.30. The Hall–Kier alpha value is -2.46. The maximum absolute atomic E-state index is 13.4. The summed E-state index contributed by atoms with van der Waals surface area (Å²) in [6.07, 6.45) is 7.66. The summed E-state index contributed by atoms with van der Waals surface area (Å²) in [6.45, 7) is 2.38. The summed E-state index contributed by atoms with van der Waals surface area (Å²) in [5.74, 6) is 0.137. The van der Waals surface area contributed by atoms with Crippen LogP contribution in [0.15, 0.2) is 48.7 Å². The molecule has 5 rings (SSSR count). The molecule has 3 nitrogen and oxygen atoms in total. The number of carbonyl (C=O) groups excluding carboxylic acids is 1. The highest BCUT2D eigenvalue weighted by Crippen LogP contribution is 2.37. The summed E-state index contributed by atoms with van der Waals surface area (Å²) < 4.78 is 13.4. The van der Waals surface area contributed by atoms with Crippen molar-refractivity contribution in [2.75, 3.05) is 13.1 Å². The van der Waals surface area contributed by atoms with Gasteiger partial charge in [-0.05, 0) is 73.5 Å². The molecule has 3 aromatic rings. The van der Waals surface area contributed by atoms with E-state index < -0.39 is 0 Å². The van der Waals surface area contributed by atoms with Crippen LogP contribution in [0.5, 0.6) is 0 Å². The molecule has 3 heterocycles. The average Bonchev–Trinajstić information content (AvgIpc) is 3.33.